The van der Waals surface area contributed by atoms with Gasteiger partial charge in [-0.25, -0.2) is 0 Å². The van der Waals surface area contributed by atoms with Crippen LogP contribution >= 0.6 is 11.6 Å². The van der Waals surface area contributed by atoms with E-state index >= 15 is 0 Å². The molecule has 4 heteroatoms. The van der Waals surface area contributed by atoms with Gasteiger partial charge in [-0.05, 0) is 86.1 Å². The highest BCUT2D eigenvalue weighted by atomic mass is 35.5. The second-order valence-electron chi connectivity index (χ2n) is 8.05. The zero-order valence-corrected chi connectivity index (χ0v) is 15.8. The fraction of sp³-hybridized carbons (Fsp3) is 0.619. The molecule has 0 saturated heterocycles. The Labute approximate surface area is 155 Å². The number of aryl methyl sites for hydroxylation is 1. The molecule has 4 aliphatic rings. The quantitative estimate of drug-likeness (QED) is 0.778. The minimum atomic E-state index is -0.0164. The summed E-state index contributed by atoms with van der Waals surface area (Å²) in [5.74, 6) is 2.88. The van der Waals surface area contributed by atoms with Gasteiger partial charge in [0.1, 0.15) is 5.76 Å². The predicted octanol–water partition coefficient (Wildman–Crippen LogP) is 4.59. The summed E-state index contributed by atoms with van der Waals surface area (Å²) in [6.45, 7) is 2.61. The Morgan fingerprint density at radius 2 is 1.96 bits per heavy atom. The van der Waals surface area contributed by atoms with Crippen molar-refractivity contribution in [3.8, 4) is 0 Å². The van der Waals surface area contributed by atoms with E-state index in [-0.39, 0.29) is 12.2 Å². The maximum absolute atomic E-state index is 9.18. The van der Waals surface area contributed by atoms with Crippen molar-refractivity contribution in [2.45, 2.75) is 44.6 Å². The summed E-state index contributed by atoms with van der Waals surface area (Å²) in [5, 5.41) is 9.98. The second kappa shape index (κ2) is 6.61. The Balaban J connectivity index is 1.70. The highest BCUT2D eigenvalue weighted by Crippen LogP contribution is 2.60. The van der Waals surface area contributed by atoms with Crippen molar-refractivity contribution >= 4 is 17.4 Å². The molecule has 0 aliphatic heterocycles. The topological polar surface area (TPSA) is 38.7 Å². The Kier molecular flexibility index (Phi) is 4.59. The lowest BCUT2D eigenvalue weighted by Crippen LogP contribution is -2.53. The molecule has 3 nitrogen and oxygen atoms in total. The molecule has 136 valence electrons. The first-order valence-electron chi connectivity index (χ1n) is 9.34. The van der Waals surface area contributed by atoms with E-state index in [9.17, 15) is 5.11 Å². The SMILES string of the molecule is COC(=C1C2CC3CC1CC(OCCO)(C3)C2)c1ccc(Cl)c(C)c1. The molecule has 1 aromatic carbocycles. The van der Waals surface area contributed by atoms with Crippen molar-refractivity contribution in [1.29, 1.82) is 0 Å². The van der Waals surface area contributed by atoms with Gasteiger partial charge in [-0.1, -0.05) is 11.6 Å². The molecule has 0 heterocycles. The third-order valence-corrected chi connectivity index (χ3v) is 6.82. The molecule has 0 amide bonds. The average Bonchev–Trinajstić information content (AvgIpc) is 2.58. The van der Waals surface area contributed by atoms with Gasteiger partial charge in [0.2, 0.25) is 0 Å². The van der Waals surface area contributed by atoms with Gasteiger partial charge in [0, 0.05) is 10.6 Å². The lowest BCUT2D eigenvalue weighted by atomic mass is 9.52. The molecule has 2 unspecified atom stereocenters. The van der Waals surface area contributed by atoms with Crippen molar-refractivity contribution in [2.75, 3.05) is 20.3 Å². The molecule has 4 saturated carbocycles. The molecule has 1 N–H and O–H groups in total. The number of aliphatic hydroxyl groups is 1. The number of aliphatic hydroxyl groups excluding tert-OH is 1. The van der Waals surface area contributed by atoms with E-state index in [1.165, 1.54) is 18.4 Å². The van der Waals surface area contributed by atoms with Crippen molar-refractivity contribution < 1.29 is 14.6 Å². The van der Waals surface area contributed by atoms with E-state index in [2.05, 4.69) is 12.1 Å². The third kappa shape index (κ3) is 3.01. The molecule has 0 radical (unpaired) electrons. The zero-order chi connectivity index (χ0) is 17.6. The van der Waals surface area contributed by atoms with Crippen LogP contribution in [0.5, 0.6) is 0 Å². The Bertz CT molecular complexity index is 678. The van der Waals surface area contributed by atoms with Crippen molar-refractivity contribution in [2.24, 2.45) is 17.8 Å². The number of halogens is 1. The summed E-state index contributed by atoms with van der Waals surface area (Å²) in [7, 11) is 1.79. The van der Waals surface area contributed by atoms with E-state index in [1.54, 1.807) is 7.11 Å². The molecular formula is C21H27ClO3. The molecule has 4 fully saturated rings. The van der Waals surface area contributed by atoms with E-state index in [1.807, 2.05) is 13.0 Å². The molecular weight excluding hydrogens is 336 g/mol. The summed E-state index contributed by atoms with van der Waals surface area (Å²) >= 11 is 6.21. The number of benzene rings is 1. The first-order valence-corrected chi connectivity index (χ1v) is 9.72. The van der Waals surface area contributed by atoms with Crippen molar-refractivity contribution in [3.05, 3.63) is 39.9 Å². The van der Waals surface area contributed by atoms with Crippen LogP contribution in [0.3, 0.4) is 0 Å². The van der Waals surface area contributed by atoms with Crippen LogP contribution in [0.15, 0.2) is 23.8 Å². The lowest BCUT2D eigenvalue weighted by Gasteiger charge is -2.57. The Hall–Kier alpha value is -1.03. The Morgan fingerprint density at radius 1 is 1.24 bits per heavy atom. The summed E-state index contributed by atoms with van der Waals surface area (Å²) in [5.41, 5.74) is 3.69. The van der Waals surface area contributed by atoms with Crippen LogP contribution in [-0.4, -0.2) is 31.0 Å². The van der Waals surface area contributed by atoms with Gasteiger partial charge in [0.05, 0.1) is 25.9 Å². The molecule has 4 bridgehead atoms. The standard InChI is InChI=1S/C21H27ClO3/c1-13-7-15(3-4-18(13)22)20(24-2)19-16-8-14-9-17(19)12-21(10-14,11-16)25-6-5-23/h3-4,7,14,16-17,23H,5-6,8-12H2,1-2H3. The predicted molar refractivity (Wildman–Crippen MR) is 99.4 cm³/mol. The number of ether oxygens (including phenoxy) is 2. The number of methoxy groups -OCH3 is 1. The first-order chi connectivity index (χ1) is 12.0. The van der Waals surface area contributed by atoms with Crippen LogP contribution in [-0.2, 0) is 9.47 Å². The lowest BCUT2D eigenvalue weighted by molar-refractivity contribution is -0.149. The largest absolute Gasteiger partial charge is 0.496 e. The van der Waals surface area contributed by atoms with Crippen LogP contribution in [0.25, 0.3) is 5.76 Å². The maximum atomic E-state index is 9.18. The minimum Gasteiger partial charge on any atom is -0.496 e. The fourth-order valence-corrected chi connectivity index (χ4v) is 5.83. The minimum absolute atomic E-state index is 0.0164. The summed E-state index contributed by atoms with van der Waals surface area (Å²) in [6.07, 6.45) is 5.78. The normalized spacial score (nSPS) is 33.0. The summed E-state index contributed by atoms with van der Waals surface area (Å²) < 4.78 is 12.1. The molecule has 0 spiro atoms. The fourth-order valence-electron chi connectivity index (χ4n) is 5.71. The molecule has 4 aliphatic carbocycles. The van der Waals surface area contributed by atoms with Crippen molar-refractivity contribution in [1.82, 2.24) is 0 Å². The van der Waals surface area contributed by atoms with Crippen LogP contribution in [0, 0.1) is 24.7 Å². The average molecular weight is 363 g/mol. The molecule has 5 rings (SSSR count). The van der Waals surface area contributed by atoms with E-state index < -0.39 is 0 Å². The van der Waals surface area contributed by atoms with E-state index in [4.69, 9.17) is 21.1 Å². The van der Waals surface area contributed by atoms with Crippen molar-refractivity contribution in [3.63, 3.8) is 0 Å². The summed E-state index contributed by atoms with van der Waals surface area (Å²) in [4.78, 5) is 0. The van der Waals surface area contributed by atoms with Crippen LogP contribution in [0.2, 0.25) is 5.02 Å². The van der Waals surface area contributed by atoms with Gasteiger partial charge >= 0.3 is 0 Å². The Morgan fingerprint density at radius 3 is 2.56 bits per heavy atom. The van der Waals surface area contributed by atoms with Crippen LogP contribution in [0.4, 0.5) is 0 Å². The highest BCUT2D eigenvalue weighted by molar-refractivity contribution is 6.31. The number of hydrogen-bond donors (Lipinski definition) is 1. The maximum Gasteiger partial charge on any atom is 0.125 e. The number of allylic oxidation sites excluding steroid dienone is 1. The summed E-state index contributed by atoms with van der Waals surface area (Å²) in [6, 6.07) is 6.18. The second-order valence-corrected chi connectivity index (χ2v) is 8.46. The number of rotatable bonds is 5. The first kappa shape index (κ1) is 17.4. The van der Waals surface area contributed by atoms with Gasteiger partial charge in [-0.2, -0.15) is 0 Å². The smallest absolute Gasteiger partial charge is 0.125 e. The molecule has 1 aromatic rings. The van der Waals surface area contributed by atoms with Gasteiger partial charge in [-0.15, -0.1) is 0 Å². The molecule has 25 heavy (non-hydrogen) atoms. The third-order valence-electron chi connectivity index (χ3n) is 6.40. The van der Waals surface area contributed by atoms with Gasteiger partial charge in [0.25, 0.3) is 0 Å². The van der Waals surface area contributed by atoms with Gasteiger partial charge < -0.3 is 14.6 Å². The zero-order valence-electron chi connectivity index (χ0n) is 15.1. The van der Waals surface area contributed by atoms with Gasteiger partial charge in [0.15, 0.2) is 0 Å². The molecule has 2 atom stereocenters. The van der Waals surface area contributed by atoms with E-state index in [0.717, 1.165) is 47.1 Å². The van der Waals surface area contributed by atoms with Crippen LogP contribution in [0.1, 0.15) is 43.2 Å². The highest BCUT2D eigenvalue weighted by Gasteiger charge is 2.54. The van der Waals surface area contributed by atoms with E-state index in [0.29, 0.717) is 18.4 Å². The van der Waals surface area contributed by atoms with Gasteiger partial charge in [-0.3, -0.25) is 0 Å². The van der Waals surface area contributed by atoms with Crippen LogP contribution < -0.4 is 0 Å². The number of hydrogen-bond acceptors (Lipinski definition) is 3. The monoisotopic (exact) mass is 362 g/mol. The molecule has 0 aromatic heterocycles.